The number of hydrogen-bond donors (Lipinski definition) is 0. The van der Waals surface area contributed by atoms with Gasteiger partial charge in [-0.2, -0.15) is 4.98 Å². The second-order valence-electron chi connectivity index (χ2n) is 7.68. The molecule has 10 heteroatoms. The minimum absolute atomic E-state index is 0.0810. The van der Waals surface area contributed by atoms with Gasteiger partial charge < -0.3 is 18.9 Å². The van der Waals surface area contributed by atoms with E-state index in [9.17, 15) is 0 Å². The number of rotatable bonds is 5. The van der Waals surface area contributed by atoms with Crippen molar-refractivity contribution in [2.75, 3.05) is 31.7 Å². The first-order chi connectivity index (χ1) is 13.2. The van der Waals surface area contributed by atoms with Crippen LogP contribution in [0.25, 0.3) is 0 Å². The van der Waals surface area contributed by atoms with Crippen molar-refractivity contribution in [1.29, 1.82) is 0 Å². The molecule has 5 rings (SSSR count). The summed E-state index contributed by atoms with van der Waals surface area (Å²) >= 11 is 1.60. The summed E-state index contributed by atoms with van der Waals surface area (Å²) in [5.74, 6) is 1.28. The molecule has 3 atom stereocenters. The van der Waals surface area contributed by atoms with Crippen molar-refractivity contribution in [2.45, 2.75) is 56.5 Å². The lowest BCUT2D eigenvalue weighted by Gasteiger charge is -2.50. The van der Waals surface area contributed by atoms with E-state index in [0.29, 0.717) is 37.0 Å². The van der Waals surface area contributed by atoms with E-state index in [2.05, 4.69) is 30.1 Å². The summed E-state index contributed by atoms with van der Waals surface area (Å²) in [5, 5.41) is 13.2. The van der Waals surface area contributed by atoms with Gasteiger partial charge in [-0.05, 0) is 25.7 Å². The number of nitrogens with zero attached hydrogens (tertiary/aromatic N) is 6. The molecular weight excluding hydrogens is 368 g/mol. The Kier molecular flexibility index (Phi) is 4.58. The fourth-order valence-corrected chi connectivity index (χ4v) is 5.50. The van der Waals surface area contributed by atoms with Gasteiger partial charge >= 0.3 is 0 Å². The number of hydrogen-bond acceptors (Lipinski definition) is 10. The van der Waals surface area contributed by atoms with E-state index in [4.69, 9.17) is 14.0 Å². The lowest BCUT2D eigenvalue weighted by Crippen LogP contribution is -2.60. The van der Waals surface area contributed by atoms with Crippen molar-refractivity contribution in [2.24, 2.45) is 0 Å². The van der Waals surface area contributed by atoms with Crippen LogP contribution in [0.1, 0.15) is 37.4 Å². The third-order valence-electron chi connectivity index (χ3n) is 5.96. The number of aromatic nitrogens is 4. The van der Waals surface area contributed by atoms with Crippen LogP contribution in [0.2, 0.25) is 0 Å². The molecule has 0 aliphatic carbocycles. The van der Waals surface area contributed by atoms with Gasteiger partial charge in [0.15, 0.2) is 5.82 Å². The minimum atomic E-state index is -0.0810. The smallest absolute Gasteiger partial charge is 0.240 e. The molecule has 3 aliphatic heterocycles. The first-order valence-electron chi connectivity index (χ1n) is 9.46. The summed E-state index contributed by atoms with van der Waals surface area (Å²) in [6.07, 6.45) is 4.48. The van der Waals surface area contributed by atoms with E-state index in [0.717, 1.165) is 37.7 Å². The van der Waals surface area contributed by atoms with Crippen molar-refractivity contribution in [1.82, 2.24) is 25.2 Å². The van der Waals surface area contributed by atoms with Gasteiger partial charge in [-0.3, -0.25) is 4.90 Å². The zero-order chi connectivity index (χ0) is 18.3. The molecule has 0 saturated carbocycles. The summed E-state index contributed by atoms with van der Waals surface area (Å²) < 4.78 is 16.9. The fraction of sp³-hybridized carbons (Fsp3) is 0.765. The number of morpholine rings is 1. The molecule has 0 amide bonds. The predicted octanol–water partition coefficient (Wildman–Crippen LogP) is 1.47. The zero-order valence-electron chi connectivity index (χ0n) is 15.4. The van der Waals surface area contributed by atoms with Gasteiger partial charge in [0.1, 0.15) is 12.1 Å². The molecule has 2 aromatic heterocycles. The summed E-state index contributed by atoms with van der Waals surface area (Å²) in [7, 11) is 1.63. The number of fused-ring (bicyclic) bond motifs is 2. The lowest BCUT2D eigenvalue weighted by atomic mass is 9.84. The lowest BCUT2D eigenvalue weighted by molar-refractivity contribution is -0.113. The van der Waals surface area contributed by atoms with Crippen LogP contribution in [0, 0.1) is 0 Å². The number of anilines is 1. The molecule has 27 heavy (non-hydrogen) atoms. The Morgan fingerprint density at radius 1 is 1.33 bits per heavy atom. The van der Waals surface area contributed by atoms with E-state index in [1.165, 1.54) is 12.8 Å². The van der Waals surface area contributed by atoms with Crippen LogP contribution in [0.4, 0.5) is 5.13 Å². The summed E-state index contributed by atoms with van der Waals surface area (Å²) in [6.45, 7) is 3.64. The first kappa shape index (κ1) is 17.5. The molecule has 1 spiro atoms. The van der Waals surface area contributed by atoms with E-state index >= 15 is 0 Å². The van der Waals surface area contributed by atoms with E-state index < -0.39 is 0 Å². The highest BCUT2D eigenvalue weighted by molar-refractivity contribution is 7.13. The van der Waals surface area contributed by atoms with Crippen molar-refractivity contribution in [3.8, 4) is 0 Å². The molecule has 5 heterocycles. The van der Waals surface area contributed by atoms with Gasteiger partial charge in [0.25, 0.3) is 0 Å². The molecule has 2 aromatic rings. The van der Waals surface area contributed by atoms with Crippen molar-refractivity contribution in [3.05, 3.63) is 17.2 Å². The second-order valence-corrected chi connectivity index (χ2v) is 8.49. The van der Waals surface area contributed by atoms with Crippen LogP contribution in [0.3, 0.4) is 0 Å². The fourth-order valence-electron chi connectivity index (χ4n) is 4.91. The molecule has 0 radical (unpaired) electrons. The quantitative estimate of drug-likeness (QED) is 0.750. The van der Waals surface area contributed by atoms with Crippen LogP contribution < -0.4 is 4.90 Å². The molecule has 1 unspecified atom stereocenters. The molecule has 3 aliphatic rings. The van der Waals surface area contributed by atoms with Gasteiger partial charge in [0.05, 0.1) is 18.8 Å². The maximum absolute atomic E-state index is 6.37. The van der Waals surface area contributed by atoms with Crippen LogP contribution in [-0.4, -0.2) is 69.7 Å². The third kappa shape index (κ3) is 3.35. The van der Waals surface area contributed by atoms with Crippen molar-refractivity contribution < 1.29 is 14.0 Å². The molecule has 9 nitrogen and oxygen atoms in total. The average molecular weight is 392 g/mol. The van der Waals surface area contributed by atoms with Gasteiger partial charge in [-0.15, -0.1) is 10.2 Å². The highest BCUT2D eigenvalue weighted by atomic mass is 32.1. The van der Waals surface area contributed by atoms with Gasteiger partial charge in [-0.25, -0.2) is 0 Å². The molecule has 0 aromatic carbocycles. The Labute approximate surface area is 161 Å². The summed E-state index contributed by atoms with van der Waals surface area (Å²) in [5.41, 5.74) is 1.72. The third-order valence-corrected chi connectivity index (χ3v) is 6.71. The van der Waals surface area contributed by atoms with Crippen LogP contribution >= 0.6 is 11.3 Å². The normalized spacial score (nSPS) is 31.1. The molecule has 3 saturated heterocycles. The minimum Gasteiger partial charge on any atom is -0.377 e. The van der Waals surface area contributed by atoms with Crippen molar-refractivity contribution in [3.63, 3.8) is 0 Å². The van der Waals surface area contributed by atoms with Crippen LogP contribution in [-0.2, 0) is 22.6 Å². The Balaban J connectivity index is 1.28. The maximum atomic E-state index is 6.37. The summed E-state index contributed by atoms with van der Waals surface area (Å²) in [4.78, 5) is 9.31. The Bertz CT molecular complexity index is 755. The van der Waals surface area contributed by atoms with E-state index in [-0.39, 0.29) is 5.60 Å². The Hall–Kier alpha value is -1.62. The number of piperidine rings is 1. The number of methoxy groups -OCH3 is 1. The van der Waals surface area contributed by atoms with E-state index in [1.807, 2.05) is 0 Å². The first-order valence-corrected chi connectivity index (χ1v) is 10.3. The zero-order valence-corrected chi connectivity index (χ0v) is 16.2. The molecule has 3 fully saturated rings. The second kappa shape index (κ2) is 7.08. The van der Waals surface area contributed by atoms with Crippen molar-refractivity contribution >= 4 is 16.5 Å². The van der Waals surface area contributed by atoms with Crippen LogP contribution in [0.5, 0.6) is 0 Å². The average Bonchev–Trinajstić information content (AvgIpc) is 3.39. The molecule has 2 bridgehead atoms. The SMILES string of the molecule is COCc1noc(CN2[C@@H]3CC[C@H]2CC2(C3)CN(c3nncs3)CCO2)n1. The highest BCUT2D eigenvalue weighted by Gasteiger charge is 2.51. The highest BCUT2D eigenvalue weighted by Crippen LogP contribution is 2.45. The Morgan fingerprint density at radius 3 is 2.93 bits per heavy atom. The number of ether oxygens (including phenoxy) is 2. The molecule has 146 valence electrons. The molecular formula is C17H24N6O3S. The Morgan fingerprint density at radius 2 is 2.19 bits per heavy atom. The van der Waals surface area contributed by atoms with Gasteiger partial charge in [-0.1, -0.05) is 16.5 Å². The summed E-state index contributed by atoms with van der Waals surface area (Å²) in [6, 6.07) is 0.992. The standard InChI is InChI=1S/C17H24N6O3S/c1-24-9-14-19-15(26-21-14)8-23-12-2-3-13(23)7-17(6-12)10-22(4-5-25-17)16-20-18-11-27-16/h11-13H,2-10H2,1H3/t12-,13+,17?. The van der Waals surface area contributed by atoms with Gasteiger partial charge in [0, 0.05) is 32.3 Å². The topological polar surface area (TPSA) is 89.6 Å². The predicted molar refractivity (Wildman–Crippen MR) is 97.4 cm³/mol. The maximum Gasteiger partial charge on any atom is 0.240 e. The van der Waals surface area contributed by atoms with E-state index in [1.54, 1.807) is 24.0 Å². The monoisotopic (exact) mass is 392 g/mol. The molecule has 0 N–H and O–H groups in total. The van der Waals surface area contributed by atoms with Gasteiger partial charge in [0.2, 0.25) is 11.0 Å². The largest absolute Gasteiger partial charge is 0.377 e. The van der Waals surface area contributed by atoms with Crippen LogP contribution in [0.15, 0.2) is 10.0 Å².